The summed E-state index contributed by atoms with van der Waals surface area (Å²) >= 11 is 1.78. The number of nitrogens with zero attached hydrogens (tertiary/aromatic N) is 2. The van der Waals surface area contributed by atoms with Crippen molar-refractivity contribution in [1.82, 2.24) is 15.3 Å². The molecule has 4 heteroatoms. The molecule has 0 saturated carbocycles. The van der Waals surface area contributed by atoms with Gasteiger partial charge in [0.05, 0.1) is 16.2 Å². The van der Waals surface area contributed by atoms with Crippen LogP contribution in [0.3, 0.4) is 0 Å². The number of hydrogen-bond donors (Lipinski definition) is 1. The lowest BCUT2D eigenvalue weighted by Crippen LogP contribution is -2.16. The molecule has 3 aromatic rings. The van der Waals surface area contributed by atoms with Crippen LogP contribution in [0.5, 0.6) is 0 Å². The van der Waals surface area contributed by atoms with E-state index in [1.165, 1.54) is 15.8 Å². The van der Waals surface area contributed by atoms with Gasteiger partial charge >= 0.3 is 0 Å². The first-order valence-electron chi connectivity index (χ1n) is 7.20. The van der Waals surface area contributed by atoms with Crippen LogP contribution in [0.15, 0.2) is 36.5 Å². The summed E-state index contributed by atoms with van der Waals surface area (Å²) in [5.74, 6) is 0. The summed E-state index contributed by atoms with van der Waals surface area (Å²) in [5, 5.41) is 5.86. The number of hydrogen-bond acceptors (Lipinski definition) is 4. The standard InChI is InChI=1S/C17H19N3S/c1-12-16(21-13(2)20-12)11-18-10-8-15-6-3-5-14-7-4-9-19-17(14)15/h3-7,9,18H,8,10-11H2,1-2H3. The lowest BCUT2D eigenvalue weighted by molar-refractivity contribution is 0.691. The molecular formula is C17H19N3S. The van der Waals surface area contributed by atoms with Gasteiger partial charge in [-0.05, 0) is 38.4 Å². The van der Waals surface area contributed by atoms with Gasteiger partial charge in [0.2, 0.25) is 0 Å². The second-order valence-corrected chi connectivity index (χ2v) is 6.45. The first-order chi connectivity index (χ1) is 10.2. The molecule has 3 nitrogen and oxygen atoms in total. The fraction of sp³-hybridized carbons (Fsp3) is 0.294. The van der Waals surface area contributed by atoms with Crippen LogP contribution in [-0.2, 0) is 13.0 Å². The zero-order valence-electron chi connectivity index (χ0n) is 12.4. The molecule has 0 fully saturated rings. The Morgan fingerprint density at radius 3 is 2.81 bits per heavy atom. The molecule has 0 atom stereocenters. The van der Waals surface area contributed by atoms with Crippen LogP contribution in [0, 0.1) is 13.8 Å². The zero-order valence-corrected chi connectivity index (χ0v) is 13.2. The number of pyridine rings is 1. The largest absolute Gasteiger partial charge is 0.311 e. The van der Waals surface area contributed by atoms with Crippen LogP contribution in [-0.4, -0.2) is 16.5 Å². The van der Waals surface area contributed by atoms with E-state index in [1.807, 2.05) is 12.3 Å². The molecule has 3 rings (SSSR count). The molecule has 1 N–H and O–H groups in total. The minimum atomic E-state index is 0.898. The molecule has 0 unspecified atom stereocenters. The van der Waals surface area contributed by atoms with Crippen molar-refractivity contribution in [2.45, 2.75) is 26.8 Å². The Balaban J connectivity index is 1.61. The van der Waals surface area contributed by atoms with Crippen molar-refractivity contribution < 1.29 is 0 Å². The normalized spacial score (nSPS) is 11.1. The predicted molar refractivity (Wildman–Crippen MR) is 88.7 cm³/mol. The highest BCUT2D eigenvalue weighted by molar-refractivity contribution is 7.11. The highest BCUT2D eigenvalue weighted by Gasteiger charge is 2.05. The van der Waals surface area contributed by atoms with E-state index in [0.717, 1.165) is 35.7 Å². The highest BCUT2D eigenvalue weighted by Crippen LogP contribution is 2.17. The number of benzene rings is 1. The molecular weight excluding hydrogens is 278 g/mol. The number of aryl methyl sites for hydroxylation is 2. The van der Waals surface area contributed by atoms with E-state index in [0.29, 0.717) is 0 Å². The number of rotatable bonds is 5. The number of nitrogens with one attached hydrogen (secondary N) is 1. The lowest BCUT2D eigenvalue weighted by atomic mass is 10.1. The summed E-state index contributed by atoms with van der Waals surface area (Å²) in [6, 6.07) is 10.5. The van der Waals surface area contributed by atoms with Crippen molar-refractivity contribution in [2.75, 3.05) is 6.54 Å². The molecule has 0 aliphatic heterocycles. The van der Waals surface area contributed by atoms with Crippen LogP contribution in [0.1, 0.15) is 21.1 Å². The average Bonchev–Trinajstić information content (AvgIpc) is 2.82. The molecule has 0 amide bonds. The molecule has 0 saturated heterocycles. The topological polar surface area (TPSA) is 37.8 Å². The van der Waals surface area contributed by atoms with Crippen molar-refractivity contribution in [3.05, 3.63) is 57.7 Å². The predicted octanol–water partition coefficient (Wildman–Crippen LogP) is 3.64. The van der Waals surface area contributed by atoms with Gasteiger partial charge in [-0.25, -0.2) is 4.98 Å². The summed E-state index contributed by atoms with van der Waals surface area (Å²) in [5.41, 5.74) is 3.57. The van der Waals surface area contributed by atoms with Gasteiger partial charge in [-0.1, -0.05) is 24.3 Å². The average molecular weight is 297 g/mol. The third kappa shape index (κ3) is 3.28. The maximum atomic E-state index is 4.50. The van der Waals surface area contributed by atoms with E-state index < -0.39 is 0 Å². The fourth-order valence-corrected chi connectivity index (χ4v) is 3.44. The third-order valence-electron chi connectivity index (χ3n) is 3.57. The minimum absolute atomic E-state index is 0.898. The van der Waals surface area contributed by atoms with Gasteiger partial charge in [0, 0.05) is 23.0 Å². The smallest absolute Gasteiger partial charge is 0.0900 e. The zero-order chi connectivity index (χ0) is 14.7. The van der Waals surface area contributed by atoms with Crippen molar-refractivity contribution in [1.29, 1.82) is 0 Å². The molecule has 108 valence electrons. The Morgan fingerprint density at radius 1 is 1.14 bits per heavy atom. The van der Waals surface area contributed by atoms with Crippen molar-refractivity contribution >= 4 is 22.2 Å². The van der Waals surface area contributed by atoms with E-state index in [9.17, 15) is 0 Å². The summed E-state index contributed by atoms with van der Waals surface area (Å²) in [6.45, 7) is 5.99. The van der Waals surface area contributed by atoms with Crippen LogP contribution in [0.25, 0.3) is 10.9 Å². The number of para-hydroxylation sites is 1. The van der Waals surface area contributed by atoms with Gasteiger partial charge in [0.25, 0.3) is 0 Å². The maximum absolute atomic E-state index is 4.50. The highest BCUT2D eigenvalue weighted by atomic mass is 32.1. The van der Waals surface area contributed by atoms with E-state index in [4.69, 9.17) is 0 Å². The van der Waals surface area contributed by atoms with Gasteiger partial charge in [-0.15, -0.1) is 11.3 Å². The van der Waals surface area contributed by atoms with Crippen molar-refractivity contribution in [3.8, 4) is 0 Å². The fourth-order valence-electron chi connectivity index (χ4n) is 2.53. The Bertz CT molecular complexity index is 743. The summed E-state index contributed by atoms with van der Waals surface area (Å²) in [4.78, 5) is 10.3. The molecule has 1 aromatic carbocycles. The quantitative estimate of drug-likeness (QED) is 0.731. The van der Waals surface area contributed by atoms with Gasteiger partial charge in [-0.3, -0.25) is 4.98 Å². The van der Waals surface area contributed by atoms with E-state index in [-0.39, 0.29) is 0 Å². The van der Waals surface area contributed by atoms with Crippen molar-refractivity contribution in [2.24, 2.45) is 0 Å². The molecule has 0 aliphatic carbocycles. The molecule has 0 radical (unpaired) electrons. The molecule has 0 spiro atoms. The minimum Gasteiger partial charge on any atom is -0.311 e. The van der Waals surface area contributed by atoms with Crippen molar-refractivity contribution in [3.63, 3.8) is 0 Å². The lowest BCUT2D eigenvalue weighted by Gasteiger charge is -2.07. The number of fused-ring (bicyclic) bond motifs is 1. The second-order valence-electron chi connectivity index (χ2n) is 5.16. The molecule has 21 heavy (non-hydrogen) atoms. The Labute approximate surface area is 129 Å². The van der Waals surface area contributed by atoms with Gasteiger partial charge < -0.3 is 5.32 Å². The van der Waals surface area contributed by atoms with Crippen LogP contribution >= 0.6 is 11.3 Å². The molecule has 2 heterocycles. The SMILES string of the molecule is Cc1nc(C)c(CNCCc2cccc3cccnc23)s1. The number of thiazole rings is 1. The van der Waals surface area contributed by atoms with Crippen LogP contribution in [0.4, 0.5) is 0 Å². The van der Waals surface area contributed by atoms with Crippen LogP contribution < -0.4 is 5.32 Å². The Kier molecular flexibility index (Phi) is 4.27. The summed E-state index contributed by atoms with van der Waals surface area (Å²) in [7, 11) is 0. The molecule has 0 aliphatic rings. The van der Waals surface area contributed by atoms with Crippen LogP contribution in [0.2, 0.25) is 0 Å². The Morgan fingerprint density at radius 2 is 2.00 bits per heavy atom. The van der Waals surface area contributed by atoms with E-state index >= 15 is 0 Å². The first kappa shape index (κ1) is 14.2. The Hall–Kier alpha value is -1.78. The summed E-state index contributed by atoms with van der Waals surface area (Å²) < 4.78 is 0. The third-order valence-corrected chi connectivity index (χ3v) is 4.65. The van der Waals surface area contributed by atoms with Gasteiger partial charge in [0.1, 0.15) is 0 Å². The van der Waals surface area contributed by atoms with E-state index in [1.54, 1.807) is 11.3 Å². The van der Waals surface area contributed by atoms with Gasteiger partial charge in [0.15, 0.2) is 0 Å². The summed E-state index contributed by atoms with van der Waals surface area (Å²) in [6.07, 6.45) is 2.86. The first-order valence-corrected chi connectivity index (χ1v) is 8.02. The molecule has 2 aromatic heterocycles. The number of aromatic nitrogens is 2. The van der Waals surface area contributed by atoms with E-state index in [2.05, 4.69) is 53.4 Å². The monoisotopic (exact) mass is 297 g/mol. The maximum Gasteiger partial charge on any atom is 0.0900 e. The molecule has 0 bridgehead atoms. The second kappa shape index (κ2) is 6.33. The van der Waals surface area contributed by atoms with Gasteiger partial charge in [-0.2, -0.15) is 0 Å².